The third-order valence-electron chi connectivity index (χ3n) is 2.00. The van der Waals surface area contributed by atoms with Crippen molar-refractivity contribution in [3.63, 3.8) is 0 Å². The molecule has 0 spiro atoms. The molecule has 0 amide bonds. The van der Waals surface area contributed by atoms with Crippen molar-refractivity contribution < 1.29 is 9.53 Å². The zero-order chi connectivity index (χ0) is 12.3. The van der Waals surface area contributed by atoms with Crippen LogP contribution in [-0.2, 0) is 4.74 Å². The van der Waals surface area contributed by atoms with Crippen molar-refractivity contribution >= 4 is 11.7 Å². The lowest BCUT2D eigenvalue weighted by Gasteiger charge is -2.20. The van der Waals surface area contributed by atoms with Crippen molar-refractivity contribution in [1.82, 2.24) is 0 Å². The molecule has 0 bridgehead atoms. The SMILES string of the molecule is CN(C)c1cccc(C(=O)OC(C)(C)C)c1. The molecule has 1 aromatic carbocycles. The summed E-state index contributed by atoms with van der Waals surface area (Å²) in [5, 5.41) is 0. The monoisotopic (exact) mass is 221 g/mol. The van der Waals surface area contributed by atoms with Crippen LogP contribution in [0, 0.1) is 0 Å². The number of rotatable bonds is 2. The zero-order valence-electron chi connectivity index (χ0n) is 10.6. The van der Waals surface area contributed by atoms with E-state index in [2.05, 4.69) is 0 Å². The lowest BCUT2D eigenvalue weighted by Crippen LogP contribution is -2.24. The fraction of sp³-hybridized carbons (Fsp3) is 0.462. The molecule has 0 aromatic heterocycles. The Morgan fingerprint density at radius 2 is 1.88 bits per heavy atom. The number of carbonyl (C=O) groups excluding carboxylic acids is 1. The topological polar surface area (TPSA) is 29.5 Å². The highest BCUT2D eigenvalue weighted by Gasteiger charge is 2.17. The predicted octanol–water partition coefficient (Wildman–Crippen LogP) is 2.71. The fourth-order valence-corrected chi connectivity index (χ4v) is 1.25. The van der Waals surface area contributed by atoms with Crippen LogP contribution in [0.15, 0.2) is 24.3 Å². The standard InChI is InChI=1S/C13H19NO2/c1-13(2,3)16-12(15)10-7-6-8-11(9-10)14(4)5/h6-9H,1-5H3. The van der Waals surface area contributed by atoms with Crippen molar-refractivity contribution in [2.75, 3.05) is 19.0 Å². The Balaban J connectivity index is 2.88. The van der Waals surface area contributed by atoms with E-state index in [1.807, 2.05) is 58.0 Å². The molecule has 0 unspecified atom stereocenters. The molecule has 0 saturated carbocycles. The maximum Gasteiger partial charge on any atom is 0.338 e. The first kappa shape index (κ1) is 12.6. The Bertz CT molecular complexity index is 378. The summed E-state index contributed by atoms with van der Waals surface area (Å²) in [7, 11) is 3.88. The van der Waals surface area contributed by atoms with Crippen molar-refractivity contribution in [1.29, 1.82) is 0 Å². The molecule has 0 N–H and O–H groups in total. The van der Waals surface area contributed by atoms with Crippen LogP contribution in [0.1, 0.15) is 31.1 Å². The van der Waals surface area contributed by atoms with E-state index in [4.69, 9.17) is 4.74 Å². The summed E-state index contributed by atoms with van der Waals surface area (Å²) in [6.45, 7) is 5.59. The van der Waals surface area contributed by atoms with Gasteiger partial charge in [0.15, 0.2) is 0 Å². The van der Waals surface area contributed by atoms with E-state index in [1.54, 1.807) is 6.07 Å². The number of hydrogen-bond donors (Lipinski definition) is 0. The molecule has 16 heavy (non-hydrogen) atoms. The third kappa shape index (κ3) is 3.57. The van der Waals surface area contributed by atoms with Crippen molar-refractivity contribution in [2.24, 2.45) is 0 Å². The molecule has 0 radical (unpaired) electrons. The second-order valence-corrected chi connectivity index (χ2v) is 4.95. The Hall–Kier alpha value is -1.51. The summed E-state index contributed by atoms with van der Waals surface area (Å²) >= 11 is 0. The number of hydrogen-bond acceptors (Lipinski definition) is 3. The molecule has 1 aromatic rings. The molecule has 88 valence electrons. The Kier molecular flexibility index (Phi) is 3.58. The van der Waals surface area contributed by atoms with Crippen molar-refractivity contribution in [2.45, 2.75) is 26.4 Å². The van der Waals surface area contributed by atoms with E-state index in [0.717, 1.165) is 5.69 Å². The highest BCUT2D eigenvalue weighted by atomic mass is 16.6. The highest BCUT2D eigenvalue weighted by molar-refractivity contribution is 5.90. The van der Waals surface area contributed by atoms with E-state index in [-0.39, 0.29) is 5.97 Å². The first-order valence-electron chi connectivity index (χ1n) is 5.30. The second kappa shape index (κ2) is 4.56. The molecule has 0 atom stereocenters. The van der Waals surface area contributed by atoms with Gasteiger partial charge in [0.05, 0.1) is 5.56 Å². The first-order chi connectivity index (χ1) is 7.29. The first-order valence-corrected chi connectivity index (χ1v) is 5.30. The number of ether oxygens (including phenoxy) is 1. The smallest absolute Gasteiger partial charge is 0.338 e. The molecule has 0 aliphatic carbocycles. The summed E-state index contributed by atoms with van der Waals surface area (Å²) < 4.78 is 5.30. The Morgan fingerprint density at radius 1 is 1.25 bits per heavy atom. The average Bonchev–Trinajstić information content (AvgIpc) is 2.15. The number of benzene rings is 1. The maximum atomic E-state index is 11.8. The van der Waals surface area contributed by atoms with Gasteiger partial charge in [0.25, 0.3) is 0 Å². The lowest BCUT2D eigenvalue weighted by atomic mass is 10.1. The van der Waals surface area contributed by atoms with Crippen LogP contribution in [0.2, 0.25) is 0 Å². The summed E-state index contributed by atoms with van der Waals surface area (Å²) in [6.07, 6.45) is 0. The van der Waals surface area contributed by atoms with E-state index in [0.29, 0.717) is 5.56 Å². The van der Waals surface area contributed by atoms with Gasteiger partial charge in [-0.05, 0) is 39.0 Å². The molecule has 3 nitrogen and oxygen atoms in total. The summed E-state index contributed by atoms with van der Waals surface area (Å²) in [5.41, 5.74) is 1.12. The molecule has 0 aliphatic rings. The summed E-state index contributed by atoms with van der Waals surface area (Å²) in [6, 6.07) is 7.40. The molecular formula is C13H19NO2. The lowest BCUT2D eigenvalue weighted by molar-refractivity contribution is 0.00696. The summed E-state index contributed by atoms with van der Waals surface area (Å²) in [5.74, 6) is -0.281. The number of carbonyl (C=O) groups is 1. The van der Waals surface area contributed by atoms with Crippen LogP contribution >= 0.6 is 0 Å². The quantitative estimate of drug-likeness (QED) is 0.719. The van der Waals surface area contributed by atoms with Crippen LogP contribution < -0.4 is 4.90 Å². The molecule has 0 saturated heterocycles. The van der Waals surface area contributed by atoms with Crippen LogP contribution in [0.5, 0.6) is 0 Å². The highest BCUT2D eigenvalue weighted by Crippen LogP contribution is 2.17. The minimum absolute atomic E-state index is 0.281. The van der Waals surface area contributed by atoms with Crippen LogP contribution in [0.4, 0.5) is 5.69 Å². The number of nitrogens with zero attached hydrogens (tertiary/aromatic N) is 1. The van der Waals surface area contributed by atoms with Gasteiger partial charge in [-0.3, -0.25) is 0 Å². The van der Waals surface area contributed by atoms with E-state index >= 15 is 0 Å². The van der Waals surface area contributed by atoms with Crippen LogP contribution in [0.3, 0.4) is 0 Å². The fourth-order valence-electron chi connectivity index (χ4n) is 1.25. The normalized spacial score (nSPS) is 11.1. The van der Waals surface area contributed by atoms with Gasteiger partial charge in [0, 0.05) is 19.8 Å². The predicted molar refractivity (Wildman–Crippen MR) is 65.9 cm³/mol. The zero-order valence-corrected chi connectivity index (χ0v) is 10.6. The molecule has 1 rings (SSSR count). The van der Waals surface area contributed by atoms with Crippen molar-refractivity contribution in [3.8, 4) is 0 Å². The molecule has 0 aliphatic heterocycles. The van der Waals surface area contributed by atoms with Gasteiger partial charge >= 0.3 is 5.97 Å². The Morgan fingerprint density at radius 3 is 2.38 bits per heavy atom. The largest absolute Gasteiger partial charge is 0.456 e. The third-order valence-corrected chi connectivity index (χ3v) is 2.00. The Labute approximate surface area is 97.0 Å². The number of esters is 1. The average molecular weight is 221 g/mol. The van der Waals surface area contributed by atoms with Gasteiger partial charge in [-0.25, -0.2) is 4.79 Å². The van der Waals surface area contributed by atoms with Crippen LogP contribution in [0.25, 0.3) is 0 Å². The van der Waals surface area contributed by atoms with Gasteiger partial charge in [-0.2, -0.15) is 0 Å². The minimum Gasteiger partial charge on any atom is -0.456 e. The maximum absolute atomic E-state index is 11.8. The number of anilines is 1. The van der Waals surface area contributed by atoms with Crippen LogP contribution in [-0.4, -0.2) is 25.7 Å². The van der Waals surface area contributed by atoms with E-state index < -0.39 is 5.60 Å². The van der Waals surface area contributed by atoms with E-state index in [9.17, 15) is 4.79 Å². The van der Waals surface area contributed by atoms with Gasteiger partial charge in [0.2, 0.25) is 0 Å². The van der Waals surface area contributed by atoms with Gasteiger partial charge in [0.1, 0.15) is 5.60 Å². The molecular weight excluding hydrogens is 202 g/mol. The molecule has 0 fully saturated rings. The van der Waals surface area contributed by atoms with E-state index in [1.165, 1.54) is 0 Å². The second-order valence-electron chi connectivity index (χ2n) is 4.95. The molecule has 3 heteroatoms. The minimum atomic E-state index is -0.453. The van der Waals surface area contributed by atoms with Gasteiger partial charge in [-0.1, -0.05) is 6.07 Å². The van der Waals surface area contributed by atoms with Gasteiger partial charge in [-0.15, -0.1) is 0 Å². The summed E-state index contributed by atoms with van der Waals surface area (Å²) in [4.78, 5) is 13.7. The molecule has 0 heterocycles. The van der Waals surface area contributed by atoms with Gasteiger partial charge < -0.3 is 9.64 Å². The van der Waals surface area contributed by atoms with Crippen molar-refractivity contribution in [3.05, 3.63) is 29.8 Å².